The van der Waals surface area contributed by atoms with Crippen molar-refractivity contribution in [3.8, 4) is 0 Å². The van der Waals surface area contributed by atoms with Crippen molar-refractivity contribution in [1.82, 2.24) is 0 Å². The third-order valence-electron chi connectivity index (χ3n) is 2.78. The van der Waals surface area contributed by atoms with Crippen LogP contribution in [0.15, 0.2) is 18.2 Å². The molecule has 0 aliphatic heterocycles. The molecule has 4 heteroatoms. The topological polar surface area (TPSA) is 72.3 Å². The van der Waals surface area contributed by atoms with Gasteiger partial charge in [-0.15, -0.1) is 0 Å². The van der Waals surface area contributed by atoms with Gasteiger partial charge in [0, 0.05) is 24.3 Å². The lowest BCUT2D eigenvalue weighted by Crippen LogP contribution is -2.33. The molecule has 0 amide bonds. The maximum Gasteiger partial charge on any atom is 0.123 e. The molecular formula is C11H17FN2O. The van der Waals surface area contributed by atoms with Crippen LogP contribution < -0.4 is 11.5 Å². The van der Waals surface area contributed by atoms with Crippen molar-refractivity contribution in [3.63, 3.8) is 0 Å². The summed E-state index contributed by atoms with van der Waals surface area (Å²) in [5, 5.41) is 8.96. The van der Waals surface area contributed by atoms with Crippen LogP contribution in [0, 0.1) is 5.82 Å². The van der Waals surface area contributed by atoms with Gasteiger partial charge in [-0.05, 0) is 30.2 Å². The molecule has 0 bridgehead atoms. The number of anilines is 1. The van der Waals surface area contributed by atoms with Crippen LogP contribution in [0.5, 0.6) is 0 Å². The summed E-state index contributed by atoms with van der Waals surface area (Å²) in [6.07, 6.45) is 0.469. The number of aliphatic hydroxyl groups is 1. The third-order valence-corrected chi connectivity index (χ3v) is 2.78. The highest BCUT2D eigenvalue weighted by Gasteiger charge is 2.26. The highest BCUT2D eigenvalue weighted by Crippen LogP contribution is 2.31. The van der Waals surface area contributed by atoms with Gasteiger partial charge in [-0.1, -0.05) is 6.92 Å². The van der Waals surface area contributed by atoms with Gasteiger partial charge in [0.15, 0.2) is 0 Å². The van der Waals surface area contributed by atoms with Crippen LogP contribution in [-0.4, -0.2) is 18.3 Å². The lowest BCUT2D eigenvalue weighted by molar-refractivity contribution is 0.247. The molecule has 1 aromatic rings. The predicted octanol–water partition coefficient (Wildman–Crippen LogP) is 1.01. The number of benzene rings is 1. The minimum absolute atomic E-state index is 0.00362. The average Bonchev–Trinajstić information content (AvgIpc) is 2.22. The molecule has 15 heavy (non-hydrogen) atoms. The van der Waals surface area contributed by atoms with Gasteiger partial charge in [-0.2, -0.15) is 0 Å². The van der Waals surface area contributed by atoms with Crippen molar-refractivity contribution in [2.75, 3.05) is 18.9 Å². The van der Waals surface area contributed by atoms with Gasteiger partial charge < -0.3 is 16.6 Å². The van der Waals surface area contributed by atoms with Crippen LogP contribution in [-0.2, 0) is 5.41 Å². The number of aliphatic hydroxyl groups excluding tert-OH is 1. The zero-order valence-corrected chi connectivity index (χ0v) is 8.83. The average molecular weight is 212 g/mol. The lowest BCUT2D eigenvalue weighted by Gasteiger charge is -2.29. The van der Waals surface area contributed by atoms with Gasteiger partial charge in [0.2, 0.25) is 0 Å². The first kappa shape index (κ1) is 11.9. The van der Waals surface area contributed by atoms with Crippen LogP contribution in [0.3, 0.4) is 0 Å². The van der Waals surface area contributed by atoms with E-state index in [0.717, 1.165) is 0 Å². The van der Waals surface area contributed by atoms with E-state index in [1.807, 2.05) is 6.92 Å². The number of hydrogen-bond acceptors (Lipinski definition) is 3. The summed E-state index contributed by atoms with van der Waals surface area (Å²) < 4.78 is 13.1. The fourth-order valence-corrected chi connectivity index (χ4v) is 1.64. The van der Waals surface area contributed by atoms with Gasteiger partial charge in [0.25, 0.3) is 0 Å². The van der Waals surface area contributed by atoms with Crippen molar-refractivity contribution in [2.45, 2.75) is 18.8 Å². The van der Waals surface area contributed by atoms with Gasteiger partial charge in [-0.3, -0.25) is 0 Å². The second kappa shape index (κ2) is 4.59. The molecule has 0 aliphatic rings. The maximum absolute atomic E-state index is 13.1. The molecule has 0 fully saturated rings. The molecule has 0 radical (unpaired) electrons. The molecule has 1 unspecified atom stereocenters. The van der Waals surface area contributed by atoms with Crippen molar-refractivity contribution in [2.24, 2.45) is 5.73 Å². The second-order valence-electron chi connectivity index (χ2n) is 3.97. The van der Waals surface area contributed by atoms with E-state index in [4.69, 9.17) is 16.6 Å². The molecule has 0 saturated carbocycles. The molecule has 0 aliphatic carbocycles. The molecule has 1 aromatic carbocycles. The minimum Gasteiger partial charge on any atom is -0.398 e. The van der Waals surface area contributed by atoms with E-state index in [1.54, 1.807) is 0 Å². The molecular weight excluding hydrogens is 195 g/mol. The Kier molecular flexibility index (Phi) is 3.66. The van der Waals surface area contributed by atoms with Crippen molar-refractivity contribution >= 4 is 5.69 Å². The molecule has 1 rings (SSSR count). The SMILES string of the molecule is CC(CN)(CCO)c1cc(F)ccc1N. The highest BCUT2D eigenvalue weighted by molar-refractivity contribution is 5.51. The van der Waals surface area contributed by atoms with E-state index in [2.05, 4.69) is 0 Å². The maximum atomic E-state index is 13.1. The Bertz CT molecular complexity index is 343. The summed E-state index contributed by atoms with van der Waals surface area (Å²) in [4.78, 5) is 0. The minimum atomic E-state index is -0.471. The molecule has 84 valence electrons. The van der Waals surface area contributed by atoms with Gasteiger partial charge in [-0.25, -0.2) is 4.39 Å². The number of nitrogen functional groups attached to an aromatic ring is 1. The highest BCUT2D eigenvalue weighted by atomic mass is 19.1. The molecule has 5 N–H and O–H groups in total. The van der Waals surface area contributed by atoms with Crippen molar-refractivity contribution in [1.29, 1.82) is 0 Å². The first-order valence-electron chi connectivity index (χ1n) is 4.90. The largest absolute Gasteiger partial charge is 0.398 e. The summed E-state index contributed by atoms with van der Waals surface area (Å²) in [6, 6.07) is 4.22. The van der Waals surface area contributed by atoms with Crippen LogP contribution in [0.25, 0.3) is 0 Å². The zero-order chi connectivity index (χ0) is 11.5. The number of halogens is 1. The molecule has 0 aromatic heterocycles. The third kappa shape index (κ3) is 2.46. The fourth-order valence-electron chi connectivity index (χ4n) is 1.64. The summed E-state index contributed by atoms with van der Waals surface area (Å²) >= 11 is 0. The van der Waals surface area contributed by atoms with E-state index in [9.17, 15) is 4.39 Å². The van der Waals surface area contributed by atoms with Crippen LogP contribution in [0.2, 0.25) is 0 Å². The van der Waals surface area contributed by atoms with Gasteiger partial charge >= 0.3 is 0 Å². The van der Waals surface area contributed by atoms with Crippen molar-refractivity contribution < 1.29 is 9.50 Å². The normalized spacial score (nSPS) is 14.9. The predicted molar refractivity (Wildman–Crippen MR) is 58.9 cm³/mol. The summed E-state index contributed by atoms with van der Waals surface area (Å²) in [5.41, 5.74) is 12.1. The van der Waals surface area contributed by atoms with Crippen LogP contribution >= 0.6 is 0 Å². The summed E-state index contributed by atoms with van der Waals surface area (Å²) in [6.45, 7) is 2.19. The first-order chi connectivity index (χ1) is 7.03. The Labute approximate surface area is 88.9 Å². The van der Waals surface area contributed by atoms with E-state index in [-0.39, 0.29) is 12.4 Å². The van der Waals surface area contributed by atoms with E-state index >= 15 is 0 Å². The summed E-state index contributed by atoms with van der Waals surface area (Å²) in [7, 11) is 0. The first-order valence-corrected chi connectivity index (χ1v) is 4.90. The Morgan fingerprint density at radius 3 is 2.67 bits per heavy atom. The smallest absolute Gasteiger partial charge is 0.123 e. The summed E-state index contributed by atoms with van der Waals surface area (Å²) in [5.74, 6) is -0.336. The number of hydrogen-bond donors (Lipinski definition) is 3. The molecule has 1 atom stereocenters. The monoisotopic (exact) mass is 212 g/mol. The Balaban J connectivity index is 3.16. The Morgan fingerprint density at radius 1 is 1.47 bits per heavy atom. The zero-order valence-electron chi connectivity index (χ0n) is 8.83. The number of rotatable bonds is 4. The van der Waals surface area contributed by atoms with E-state index in [1.165, 1.54) is 18.2 Å². The Hall–Kier alpha value is -1.13. The molecule has 0 spiro atoms. The fraction of sp³-hybridized carbons (Fsp3) is 0.455. The van der Waals surface area contributed by atoms with E-state index < -0.39 is 5.41 Å². The molecule has 3 nitrogen and oxygen atoms in total. The van der Waals surface area contributed by atoms with Crippen LogP contribution in [0.4, 0.5) is 10.1 Å². The number of nitrogens with two attached hydrogens (primary N) is 2. The lowest BCUT2D eigenvalue weighted by atomic mass is 9.79. The van der Waals surface area contributed by atoms with Gasteiger partial charge in [0.1, 0.15) is 5.82 Å². The quantitative estimate of drug-likeness (QED) is 0.652. The van der Waals surface area contributed by atoms with Crippen LogP contribution in [0.1, 0.15) is 18.9 Å². The van der Waals surface area contributed by atoms with E-state index in [0.29, 0.717) is 24.2 Å². The molecule has 0 saturated heterocycles. The Morgan fingerprint density at radius 2 is 2.13 bits per heavy atom. The second-order valence-corrected chi connectivity index (χ2v) is 3.97. The molecule has 0 heterocycles. The van der Waals surface area contributed by atoms with Gasteiger partial charge in [0.05, 0.1) is 0 Å². The standard InChI is InChI=1S/C11H17FN2O/c1-11(7-13,4-5-15)9-6-8(12)2-3-10(9)14/h2-3,6,15H,4-5,7,13-14H2,1H3. The van der Waals surface area contributed by atoms with Crippen molar-refractivity contribution in [3.05, 3.63) is 29.6 Å².